The molecule has 1 aliphatic heterocycles. The van der Waals surface area contributed by atoms with Crippen LogP contribution >= 0.6 is 11.6 Å². The molecule has 1 aliphatic rings. The highest BCUT2D eigenvalue weighted by atomic mass is 35.5. The van der Waals surface area contributed by atoms with Crippen LogP contribution in [0, 0.1) is 0 Å². The molecule has 1 fully saturated rings. The lowest BCUT2D eigenvalue weighted by molar-refractivity contribution is -0.131. The van der Waals surface area contributed by atoms with E-state index in [0.717, 1.165) is 12.8 Å². The second-order valence-corrected chi connectivity index (χ2v) is 6.32. The van der Waals surface area contributed by atoms with Gasteiger partial charge in [0.05, 0.1) is 17.4 Å². The average Bonchev–Trinajstić information content (AvgIpc) is 2.60. The van der Waals surface area contributed by atoms with Crippen LogP contribution in [0.15, 0.2) is 18.3 Å². The van der Waals surface area contributed by atoms with E-state index < -0.39 is 0 Å². The number of hydrogen-bond acceptors (Lipinski definition) is 6. The molecule has 0 saturated carbocycles. The normalized spacial score (nSPS) is 15.7. The Labute approximate surface area is 145 Å². The molecule has 0 unspecified atom stereocenters. The largest absolute Gasteiger partial charge is 0.396 e. The van der Waals surface area contributed by atoms with Crippen LogP contribution in [-0.2, 0) is 4.79 Å². The van der Waals surface area contributed by atoms with Gasteiger partial charge in [-0.2, -0.15) is 0 Å². The van der Waals surface area contributed by atoms with Crippen LogP contribution < -0.4 is 16.6 Å². The van der Waals surface area contributed by atoms with E-state index in [9.17, 15) is 4.79 Å². The summed E-state index contributed by atoms with van der Waals surface area (Å²) in [5.74, 6) is 6.56. The molecule has 0 radical (unpaired) electrons. The van der Waals surface area contributed by atoms with Gasteiger partial charge >= 0.3 is 0 Å². The molecule has 0 spiro atoms. The summed E-state index contributed by atoms with van der Waals surface area (Å²) in [5, 5.41) is 2.03. The molecule has 128 valence electrons. The number of hydrogen-bond donors (Lipinski definition) is 2. The fourth-order valence-electron chi connectivity index (χ4n) is 3.11. The number of aromatic nitrogens is 2. The van der Waals surface area contributed by atoms with Gasteiger partial charge in [-0.05, 0) is 25.0 Å². The van der Waals surface area contributed by atoms with Crippen molar-refractivity contribution >= 4 is 39.9 Å². The number of anilines is 2. The second-order valence-electron chi connectivity index (χ2n) is 5.94. The Morgan fingerprint density at radius 1 is 1.42 bits per heavy atom. The number of carbonyl (C=O) groups excluding carboxylic acids is 1. The fraction of sp³-hybridized carbons (Fsp3) is 0.438. The summed E-state index contributed by atoms with van der Waals surface area (Å²) in [6.07, 6.45) is 3.68. The minimum absolute atomic E-state index is 0.0830. The van der Waals surface area contributed by atoms with Crippen molar-refractivity contribution in [3.63, 3.8) is 0 Å². The van der Waals surface area contributed by atoms with E-state index in [2.05, 4.69) is 9.97 Å². The van der Waals surface area contributed by atoms with Crippen molar-refractivity contribution in [1.82, 2.24) is 14.9 Å². The van der Waals surface area contributed by atoms with Crippen molar-refractivity contribution in [3.8, 4) is 0 Å². The molecule has 0 bridgehead atoms. The lowest BCUT2D eigenvalue weighted by Crippen LogP contribution is -2.50. The van der Waals surface area contributed by atoms with Gasteiger partial charge in [0, 0.05) is 25.6 Å². The lowest BCUT2D eigenvalue weighted by atomic mass is 10.0. The molecule has 0 aromatic carbocycles. The van der Waals surface area contributed by atoms with E-state index in [1.807, 2.05) is 11.8 Å². The van der Waals surface area contributed by atoms with Gasteiger partial charge in [0.15, 0.2) is 0 Å². The number of amides is 1. The first kappa shape index (κ1) is 16.7. The van der Waals surface area contributed by atoms with Gasteiger partial charge in [-0.1, -0.05) is 18.5 Å². The molecule has 4 N–H and O–H groups in total. The SMILES string of the molecule is CCC(=O)N1CCC(N(N)c2c(N)cnc3ccc(Cl)nc23)CC1. The van der Waals surface area contributed by atoms with Crippen LogP contribution in [0.5, 0.6) is 0 Å². The van der Waals surface area contributed by atoms with Crippen molar-refractivity contribution in [3.05, 3.63) is 23.5 Å². The fourth-order valence-corrected chi connectivity index (χ4v) is 3.26. The Morgan fingerprint density at radius 3 is 2.79 bits per heavy atom. The maximum Gasteiger partial charge on any atom is 0.222 e. The van der Waals surface area contributed by atoms with E-state index in [0.29, 0.717) is 47.1 Å². The average molecular weight is 349 g/mol. The Hall–Kier alpha value is -2.12. The van der Waals surface area contributed by atoms with Crippen LogP contribution in [0.3, 0.4) is 0 Å². The van der Waals surface area contributed by atoms with Gasteiger partial charge in [0.1, 0.15) is 16.4 Å². The lowest BCUT2D eigenvalue weighted by Gasteiger charge is -2.37. The number of likely N-dealkylation sites (tertiary alicyclic amines) is 1. The minimum atomic E-state index is 0.0830. The monoisotopic (exact) mass is 348 g/mol. The van der Waals surface area contributed by atoms with Crippen molar-refractivity contribution in [1.29, 1.82) is 0 Å². The molecule has 0 atom stereocenters. The zero-order chi connectivity index (χ0) is 17.3. The van der Waals surface area contributed by atoms with Crippen LogP contribution in [0.1, 0.15) is 26.2 Å². The third kappa shape index (κ3) is 3.09. The number of fused-ring (bicyclic) bond motifs is 1. The molecular weight excluding hydrogens is 328 g/mol. The molecular formula is C16H21ClN6O. The zero-order valence-electron chi connectivity index (χ0n) is 13.6. The Bertz CT molecular complexity index is 754. The predicted octanol–water partition coefficient (Wildman–Crippen LogP) is 1.95. The number of hydrazine groups is 1. The molecule has 2 aromatic rings. The molecule has 7 nitrogen and oxygen atoms in total. The highest BCUT2D eigenvalue weighted by Gasteiger charge is 2.27. The summed E-state index contributed by atoms with van der Waals surface area (Å²) in [4.78, 5) is 22.3. The number of nitrogen functional groups attached to an aromatic ring is 1. The van der Waals surface area contributed by atoms with E-state index >= 15 is 0 Å². The third-order valence-electron chi connectivity index (χ3n) is 4.45. The molecule has 8 heteroatoms. The van der Waals surface area contributed by atoms with Crippen molar-refractivity contribution in [2.24, 2.45) is 5.84 Å². The number of carbonyl (C=O) groups is 1. The van der Waals surface area contributed by atoms with Crippen molar-refractivity contribution < 1.29 is 4.79 Å². The second kappa shape index (κ2) is 6.78. The quantitative estimate of drug-likeness (QED) is 0.499. The van der Waals surface area contributed by atoms with Crippen LogP contribution in [-0.4, -0.2) is 39.9 Å². The number of rotatable bonds is 3. The van der Waals surface area contributed by atoms with E-state index in [4.69, 9.17) is 23.2 Å². The first-order valence-electron chi connectivity index (χ1n) is 8.03. The van der Waals surface area contributed by atoms with Crippen molar-refractivity contribution in [2.75, 3.05) is 23.8 Å². The highest BCUT2D eigenvalue weighted by molar-refractivity contribution is 6.29. The Kier molecular flexibility index (Phi) is 4.73. The standard InChI is InChI=1S/C16H21ClN6O/c1-2-14(24)22-7-5-10(6-8-22)23(19)16-11(18)9-20-12-3-4-13(17)21-15(12)16/h3-4,9-10H,2,5-8,18-19H2,1H3. The summed E-state index contributed by atoms with van der Waals surface area (Å²) < 4.78 is 0. The summed E-state index contributed by atoms with van der Waals surface area (Å²) in [6, 6.07) is 3.57. The Balaban J connectivity index is 1.87. The van der Waals surface area contributed by atoms with Gasteiger partial charge in [0.25, 0.3) is 0 Å². The summed E-state index contributed by atoms with van der Waals surface area (Å²) in [5.41, 5.74) is 8.50. The molecule has 3 rings (SSSR count). The summed E-state index contributed by atoms with van der Waals surface area (Å²) >= 11 is 6.02. The number of pyridine rings is 2. The number of nitrogens with zero attached hydrogens (tertiary/aromatic N) is 4. The molecule has 2 aromatic heterocycles. The minimum Gasteiger partial charge on any atom is -0.396 e. The highest BCUT2D eigenvalue weighted by Crippen LogP contribution is 2.32. The van der Waals surface area contributed by atoms with Crippen LogP contribution in [0.2, 0.25) is 5.15 Å². The van der Waals surface area contributed by atoms with Crippen molar-refractivity contribution in [2.45, 2.75) is 32.2 Å². The smallest absolute Gasteiger partial charge is 0.222 e. The summed E-state index contributed by atoms with van der Waals surface area (Å²) in [7, 11) is 0. The maximum atomic E-state index is 11.8. The van der Waals surface area contributed by atoms with Crippen LogP contribution in [0.25, 0.3) is 11.0 Å². The van der Waals surface area contributed by atoms with Gasteiger partial charge in [-0.3, -0.25) is 9.78 Å². The third-order valence-corrected chi connectivity index (χ3v) is 4.66. The number of halogens is 1. The number of piperidine rings is 1. The van der Waals surface area contributed by atoms with Gasteiger partial charge in [-0.15, -0.1) is 0 Å². The molecule has 0 aliphatic carbocycles. The first-order valence-corrected chi connectivity index (χ1v) is 8.41. The predicted molar refractivity (Wildman–Crippen MR) is 95.5 cm³/mol. The van der Waals surface area contributed by atoms with Gasteiger partial charge < -0.3 is 15.6 Å². The van der Waals surface area contributed by atoms with E-state index in [1.165, 1.54) is 0 Å². The molecule has 1 saturated heterocycles. The molecule has 24 heavy (non-hydrogen) atoms. The van der Waals surface area contributed by atoms with E-state index in [-0.39, 0.29) is 11.9 Å². The number of nitrogens with two attached hydrogens (primary N) is 2. The maximum absolute atomic E-state index is 11.8. The topological polar surface area (TPSA) is 101 Å². The summed E-state index contributed by atoms with van der Waals surface area (Å²) in [6.45, 7) is 3.27. The van der Waals surface area contributed by atoms with Gasteiger partial charge in [-0.25, -0.2) is 10.8 Å². The molecule has 3 heterocycles. The van der Waals surface area contributed by atoms with Gasteiger partial charge in [0.2, 0.25) is 5.91 Å². The molecule has 1 amide bonds. The Morgan fingerprint density at radius 2 is 2.12 bits per heavy atom. The first-order chi connectivity index (χ1) is 11.5. The van der Waals surface area contributed by atoms with Crippen LogP contribution in [0.4, 0.5) is 11.4 Å². The van der Waals surface area contributed by atoms with E-state index in [1.54, 1.807) is 23.3 Å². The zero-order valence-corrected chi connectivity index (χ0v) is 14.3.